The molecule has 0 aliphatic carbocycles. The van der Waals surface area contributed by atoms with Gasteiger partial charge in [0.05, 0.1) is 0 Å². The highest BCUT2D eigenvalue weighted by molar-refractivity contribution is 4.63. The van der Waals surface area contributed by atoms with Gasteiger partial charge in [0.2, 0.25) is 0 Å². The van der Waals surface area contributed by atoms with Gasteiger partial charge in [0.1, 0.15) is 0 Å². The third kappa shape index (κ3) is 9.13. The minimum absolute atomic E-state index is 0.308. The van der Waals surface area contributed by atoms with E-state index in [2.05, 4.69) is 18.7 Å². The van der Waals surface area contributed by atoms with Gasteiger partial charge in [0.25, 0.3) is 0 Å². The summed E-state index contributed by atoms with van der Waals surface area (Å²) < 4.78 is 0. The van der Waals surface area contributed by atoms with Gasteiger partial charge in [-0.15, -0.1) is 0 Å². The molecule has 0 unspecified atom stereocenters. The normalized spacial score (nSPS) is 11.6. The first-order chi connectivity index (χ1) is 7.72. The highest BCUT2D eigenvalue weighted by Gasteiger charge is 2.07. The van der Waals surface area contributed by atoms with Crippen molar-refractivity contribution in [1.82, 2.24) is 4.90 Å². The van der Waals surface area contributed by atoms with E-state index >= 15 is 0 Å². The zero-order chi connectivity index (χ0) is 12.2. The molecule has 0 amide bonds. The van der Waals surface area contributed by atoms with E-state index in [4.69, 9.17) is 10.2 Å². The molecule has 0 saturated heterocycles. The second kappa shape index (κ2) is 11.4. The molecule has 2 N–H and O–H groups in total. The molecule has 0 bridgehead atoms. The largest absolute Gasteiger partial charge is 0.396 e. The van der Waals surface area contributed by atoms with Crippen LogP contribution >= 0.6 is 0 Å². The minimum Gasteiger partial charge on any atom is -0.396 e. The smallest absolute Gasteiger partial charge is 0.0431 e. The number of hydrogen-bond acceptors (Lipinski definition) is 3. The van der Waals surface area contributed by atoms with Gasteiger partial charge in [-0.2, -0.15) is 0 Å². The number of aliphatic hydroxyl groups is 2. The molecule has 3 heteroatoms. The standard InChI is InChI=1S/C13H29NO2/c1-13(2)14(10-6-8-12-16)9-5-3-4-7-11-15/h13,15-16H,3-12H2,1-2H3. The topological polar surface area (TPSA) is 43.7 Å². The Hall–Kier alpha value is -0.120. The van der Waals surface area contributed by atoms with E-state index in [0.717, 1.165) is 38.8 Å². The summed E-state index contributed by atoms with van der Waals surface area (Å²) in [7, 11) is 0. The molecule has 0 aliphatic rings. The van der Waals surface area contributed by atoms with Crippen molar-refractivity contribution in [3.8, 4) is 0 Å². The second-order valence-electron chi connectivity index (χ2n) is 4.70. The van der Waals surface area contributed by atoms with Gasteiger partial charge in [-0.05, 0) is 52.6 Å². The van der Waals surface area contributed by atoms with E-state index in [1.54, 1.807) is 0 Å². The number of aliphatic hydroxyl groups excluding tert-OH is 2. The lowest BCUT2D eigenvalue weighted by Crippen LogP contribution is -2.32. The van der Waals surface area contributed by atoms with Gasteiger partial charge in [0, 0.05) is 19.3 Å². The number of hydrogen-bond donors (Lipinski definition) is 2. The molecule has 0 aromatic heterocycles. The molecule has 0 rings (SSSR count). The van der Waals surface area contributed by atoms with Crippen LogP contribution in [0.2, 0.25) is 0 Å². The molecule has 0 aromatic carbocycles. The Morgan fingerprint density at radius 2 is 1.19 bits per heavy atom. The van der Waals surface area contributed by atoms with Crippen LogP contribution in [-0.2, 0) is 0 Å². The maximum absolute atomic E-state index is 8.75. The molecule has 0 radical (unpaired) electrons. The van der Waals surface area contributed by atoms with E-state index in [-0.39, 0.29) is 0 Å². The molecule has 3 nitrogen and oxygen atoms in total. The summed E-state index contributed by atoms with van der Waals surface area (Å²) in [5.41, 5.74) is 0. The Balaban J connectivity index is 3.52. The zero-order valence-electron chi connectivity index (χ0n) is 11.0. The van der Waals surface area contributed by atoms with Crippen LogP contribution in [-0.4, -0.2) is 47.5 Å². The van der Waals surface area contributed by atoms with E-state index in [9.17, 15) is 0 Å². The van der Waals surface area contributed by atoms with Crippen molar-refractivity contribution in [2.45, 2.75) is 58.4 Å². The highest BCUT2D eigenvalue weighted by atomic mass is 16.3. The number of unbranched alkanes of at least 4 members (excludes halogenated alkanes) is 4. The van der Waals surface area contributed by atoms with Gasteiger partial charge in [-0.1, -0.05) is 12.8 Å². The van der Waals surface area contributed by atoms with Crippen LogP contribution < -0.4 is 0 Å². The quantitative estimate of drug-likeness (QED) is 0.535. The predicted molar refractivity (Wildman–Crippen MR) is 68.6 cm³/mol. The van der Waals surface area contributed by atoms with Gasteiger partial charge >= 0.3 is 0 Å². The van der Waals surface area contributed by atoms with Crippen molar-refractivity contribution in [2.24, 2.45) is 0 Å². The Labute approximate surface area is 100 Å². The molecular formula is C13H29NO2. The fourth-order valence-corrected chi connectivity index (χ4v) is 1.84. The zero-order valence-corrected chi connectivity index (χ0v) is 11.0. The first-order valence-corrected chi connectivity index (χ1v) is 6.68. The molecule has 0 aromatic rings. The fourth-order valence-electron chi connectivity index (χ4n) is 1.84. The molecule has 98 valence electrons. The van der Waals surface area contributed by atoms with Crippen molar-refractivity contribution in [3.63, 3.8) is 0 Å². The van der Waals surface area contributed by atoms with Crippen LogP contribution in [0.4, 0.5) is 0 Å². The number of nitrogens with zero attached hydrogens (tertiary/aromatic N) is 1. The molecule has 0 spiro atoms. The number of rotatable bonds is 11. The lowest BCUT2D eigenvalue weighted by molar-refractivity contribution is 0.200. The minimum atomic E-state index is 0.308. The molecule has 0 aliphatic heterocycles. The monoisotopic (exact) mass is 231 g/mol. The van der Waals surface area contributed by atoms with Crippen LogP contribution in [0, 0.1) is 0 Å². The summed E-state index contributed by atoms with van der Waals surface area (Å²) >= 11 is 0. The van der Waals surface area contributed by atoms with Crippen molar-refractivity contribution < 1.29 is 10.2 Å². The fraction of sp³-hybridized carbons (Fsp3) is 1.00. The lowest BCUT2D eigenvalue weighted by atomic mass is 10.1. The Bertz CT molecular complexity index is 140. The molecule has 0 fully saturated rings. The Morgan fingerprint density at radius 3 is 1.69 bits per heavy atom. The van der Waals surface area contributed by atoms with Crippen LogP contribution in [0.3, 0.4) is 0 Å². The lowest BCUT2D eigenvalue weighted by Gasteiger charge is -2.26. The maximum atomic E-state index is 8.75. The average Bonchev–Trinajstić information content (AvgIpc) is 2.26. The summed E-state index contributed by atoms with van der Waals surface area (Å²) in [5, 5.41) is 17.4. The highest BCUT2D eigenvalue weighted by Crippen LogP contribution is 2.06. The SMILES string of the molecule is CC(C)N(CCCCO)CCCCCCO. The third-order valence-electron chi connectivity index (χ3n) is 2.94. The van der Waals surface area contributed by atoms with E-state index < -0.39 is 0 Å². The Kier molecular flexibility index (Phi) is 11.3. The molecule has 0 saturated carbocycles. The van der Waals surface area contributed by atoms with E-state index in [1.807, 2.05) is 0 Å². The van der Waals surface area contributed by atoms with Gasteiger partial charge in [-0.25, -0.2) is 0 Å². The molecule has 0 atom stereocenters. The van der Waals surface area contributed by atoms with E-state index in [1.165, 1.54) is 12.8 Å². The molecule has 16 heavy (non-hydrogen) atoms. The van der Waals surface area contributed by atoms with Crippen molar-refractivity contribution in [1.29, 1.82) is 0 Å². The van der Waals surface area contributed by atoms with Crippen molar-refractivity contribution in [3.05, 3.63) is 0 Å². The summed E-state index contributed by atoms with van der Waals surface area (Å²) in [6.45, 7) is 7.33. The Morgan fingerprint density at radius 1 is 0.750 bits per heavy atom. The first-order valence-electron chi connectivity index (χ1n) is 6.68. The second-order valence-corrected chi connectivity index (χ2v) is 4.70. The van der Waals surface area contributed by atoms with Gasteiger partial charge in [0.15, 0.2) is 0 Å². The van der Waals surface area contributed by atoms with Crippen LogP contribution in [0.15, 0.2) is 0 Å². The van der Waals surface area contributed by atoms with Crippen LogP contribution in [0.25, 0.3) is 0 Å². The first kappa shape index (κ1) is 15.9. The maximum Gasteiger partial charge on any atom is 0.0431 e. The average molecular weight is 231 g/mol. The van der Waals surface area contributed by atoms with Crippen LogP contribution in [0.5, 0.6) is 0 Å². The van der Waals surface area contributed by atoms with Gasteiger partial charge in [-0.3, -0.25) is 0 Å². The van der Waals surface area contributed by atoms with Crippen molar-refractivity contribution >= 4 is 0 Å². The van der Waals surface area contributed by atoms with Crippen molar-refractivity contribution in [2.75, 3.05) is 26.3 Å². The summed E-state index contributed by atoms with van der Waals surface area (Å²) in [4.78, 5) is 2.48. The van der Waals surface area contributed by atoms with Gasteiger partial charge < -0.3 is 15.1 Å². The molecular weight excluding hydrogens is 202 g/mol. The summed E-state index contributed by atoms with van der Waals surface area (Å²) in [6.07, 6.45) is 6.51. The van der Waals surface area contributed by atoms with E-state index in [0.29, 0.717) is 19.3 Å². The third-order valence-corrected chi connectivity index (χ3v) is 2.94. The summed E-state index contributed by atoms with van der Waals surface area (Å²) in [5.74, 6) is 0. The summed E-state index contributed by atoms with van der Waals surface area (Å²) in [6, 6.07) is 0.594. The van der Waals surface area contributed by atoms with Crippen LogP contribution in [0.1, 0.15) is 52.4 Å². The molecule has 0 heterocycles. The predicted octanol–water partition coefficient (Wildman–Crippen LogP) is 2.02.